The number of amides is 1. The molecule has 0 aromatic heterocycles. The molecule has 2 rings (SSSR count). The topological polar surface area (TPSA) is 73.6 Å². The monoisotopic (exact) mass is 264 g/mol. The Bertz CT molecular complexity index is 464. The molecule has 5 nitrogen and oxygen atoms in total. The number of likely N-dealkylation sites (N-methyl/N-ethyl adjacent to an activating group) is 1. The van der Waals surface area contributed by atoms with E-state index >= 15 is 0 Å². The molecule has 0 heterocycles. The molecule has 0 bridgehead atoms. The molecule has 2 atom stereocenters. The Morgan fingerprint density at radius 3 is 2.63 bits per heavy atom. The standard InChI is InChI=1S/C14H20N2O3/c1-16-14(13(15)17)8-7-10(9-14)19-12-6-4-3-5-11(12)18-2/h3-6,10,16H,7-9H2,1-2H3,(H2,15,17). The van der Waals surface area contributed by atoms with Crippen LogP contribution in [0.4, 0.5) is 0 Å². The van der Waals surface area contributed by atoms with Gasteiger partial charge in [0.1, 0.15) is 11.6 Å². The van der Waals surface area contributed by atoms with Gasteiger partial charge in [0.05, 0.1) is 7.11 Å². The van der Waals surface area contributed by atoms with Gasteiger partial charge < -0.3 is 20.5 Å². The number of methoxy groups -OCH3 is 1. The van der Waals surface area contributed by atoms with Crippen LogP contribution in [-0.4, -0.2) is 31.7 Å². The van der Waals surface area contributed by atoms with Gasteiger partial charge in [-0.1, -0.05) is 12.1 Å². The number of benzene rings is 1. The van der Waals surface area contributed by atoms with Gasteiger partial charge in [-0.25, -0.2) is 0 Å². The summed E-state index contributed by atoms with van der Waals surface area (Å²) in [5, 5.41) is 3.04. The van der Waals surface area contributed by atoms with Crippen molar-refractivity contribution in [2.75, 3.05) is 14.2 Å². The van der Waals surface area contributed by atoms with Gasteiger partial charge in [0, 0.05) is 6.42 Å². The average Bonchev–Trinajstić information content (AvgIpc) is 2.84. The maximum atomic E-state index is 11.6. The molecule has 2 unspecified atom stereocenters. The first-order valence-electron chi connectivity index (χ1n) is 6.40. The van der Waals surface area contributed by atoms with Crippen LogP contribution in [0.15, 0.2) is 24.3 Å². The Morgan fingerprint density at radius 1 is 1.42 bits per heavy atom. The minimum absolute atomic E-state index is 0.0313. The maximum Gasteiger partial charge on any atom is 0.237 e. The van der Waals surface area contributed by atoms with E-state index in [1.165, 1.54) is 0 Å². The Hall–Kier alpha value is -1.75. The maximum absolute atomic E-state index is 11.6. The van der Waals surface area contributed by atoms with E-state index in [4.69, 9.17) is 15.2 Å². The Kier molecular flexibility index (Phi) is 3.95. The second-order valence-electron chi connectivity index (χ2n) is 4.83. The number of ether oxygens (including phenoxy) is 2. The van der Waals surface area contributed by atoms with Gasteiger partial charge in [-0.15, -0.1) is 0 Å². The molecule has 1 fully saturated rings. The number of hydrogen-bond acceptors (Lipinski definition) is 4. The summed E-state index contributed by atoms with van der Waals surface area (Å²) in [6.45, 7) is 0. The lowest BCUT2D eigenvalue weighted by molar-refractivity contribution is -0.124. The van der Waals surface area contributed by atoms with Crippen molar-refractivity contribution in [3.05, 3.63) is 24.3 Å². The average molecular weight is 264 g/mol. The van der Waals surface area contributed by atoms with E-state index in [1.54, 1.807) is 14.2 Å². The fourth-order valence-electron chi connectivity index (χ4n) is 2.57. The van der Waals surface area contributed by atoms with Crippen molar-refractivity contribution in [3.63, 3.8) is 0 Å². The van der Waals surface area contributed by atoms with Crippen LogP contribution in [-0.2, 0) is 4.79 Å². The first-order valence-corrected chi connectivity index (χ1v) is 6.40. The molecule has 19 heavy (non-hydrogen) atoms. The number of carbonyl (C=O) groups excluding carboxylic acids is 1. The van der Waals surface area contributed by atoms with Crippen LogP contribution < -0.4 is 20.5 Å². The normalized spacial score (nSPS) is 26.1. The number of para-hydroxylation sites is 2. The highest BCUT2D eigenvalue weighted by Crippen LogP contribution is 2.35. The summed E-state index contributed by atoms with van der Waals surface area (Å²) < 4.78 is 11.2. The summed E-state index contributed by atoms with van der Waals surface area (Å²) in [7, 11) is 3.37. The van der Waals surface area contributed by atoms with E-state index in [9.17, 15) is 4.79 Å². The number of primary amides is 1. The lowest BCUT2D eigenvalue weighted by Crippen LogP contribution is -2.52. The molecule has 0 aliphatic heterocycles. The first kappa shape index (κ1) is 13.7. The second kappa shape index (κ2) is 5.48. The summed E-state index contributed by atoms with van der Waals surface area (Å²) in [6.07, 6.45) is 2.04. The van der Waals surface area contributed by atoms with Crippen molar-refractivity contribution >= 4 is 5.91 Å². The fourth-order valence-corrected chi connectivity index (χ4v) is 2.57. The molecule has 5 heteroatoms. The summed E-state index contributed by atoms with van der Waals surface area (Å²) in [5.41, 5.74) is 4.83. The van der Waals surface area contributed by atoms with Gasteiger partial charge in [0.2, 0.25) is 5.91 Å². The molecular formula is C14H20N2O3. The van der Waals surface area contributed by atoms with Crippen LogP contribution >= 0.6 is 0 Å². The van der Waals surface area contributed by atoms with E-state index in [0.29, 0.717) is 24.3 Å². The van der Waals surface area contributed by atoms with Crippen LogP contribution in [0.3, 0.4) is 0 Å². The largest absolute Gasteiger partial charge is 0.493 e. The molecule has 1 aliphatic rings. The predicted molar refractivity (Wildman–Crippen MR) is 72.2 cm³/mol. The molecule has 0 radical (unpaired) electrons. The molecule has 1 aromatic rings. The fraction of sp³-hybridized carbons (Fsp3) is 0.500. The van der Waals surface area contributed by atoms with E-state index in [2.05, 4.69) is 5.32 Å². The van der Waals surface area contributed by atoms with Crippen molar-refractivity contribution in [1.82, 2.24) is 5.32 Å². The molecule has 0 saturated heterocycles. The van der Waals surface area contributed by atoms with Crippen molar-refractivity contribution in [2.45, 2.75) is 30.9 Å². The highest BCUT2D eigenvalue weighted by Gasteiger charge is 2.44. The van der Waals surface area contributed by atoms with Gasteiger partial charge in [-0.05, 0) is 32.0 Å². The van der Waals surface area contributed by atoms with E-state index in [-0.39, 0.29) is 12.0 Å². The minimum atomic E-state index is -0.646. The summed E-state index contributed by atoms with van der Waals surface area (Å²) in [4.78, 5) is 11.6. The van der Waals surface area contributed by atoms with Gasteiger partial charge in [0.25, 0.3) is 0 Å². The molecule has 3 N–H and O–H groups in total. The lowest BCUT2D eigenvalue weighted by atomic mass is 9.97. The zero-order valence-corrected chi connectivity index (χ0v) is 11.3. The van der Waals surface area contributed by atoms with E-state index < -0.39 is 5.54 Å². The SMILES string of the molecule is CNC1(C(N)=O)CCC(Oc2ccccc2OC)C1. The van der Waals surface area contributed by atoms with Crippen LogP contribution in [0.2, 0.25) is 0 Å². The summed E-state index contributed by atoms with van der Waals surface area (Å²) >= 11 is 0. The number of nitrogens with one attached hydrogen (secondary N) is 1. The number of hydrogen-bond donors (Lipinski definition) is 2. The van der Waals surface area contributed by atoms with Crippen molar-refractivity contribution < 1.29 is 14.3 Å². The number of rotatable bonds is 5. The predicted octanol–water partition coefficient (Wildman–Crippen LogP) is 1.07. The highest BCUT2D eigenvalue weighted by atomic mass is 16.5. The third-order valence-corrected chi connectivity index (χ3v) is 3.78. The lowest BCUT2D eigenvalue weighted by Gasteiger charge is -2.25. The van der Waals surface area contributed by atoms with Gasteiger partial charge in [-0.3, -0.25) is 4.79 Å². The van der Waals surface area contributed by atoms with Crippen LogP contribution in [0, 0.1) is 0 Å². The Labute approximate surface area is 113 Å². The third kappa shape index (κ3) is 2.66. The van der Waals surface area contributed by atoms with Gasteiger partial charge in [-0.2, -0.15) is 0 Å². The Balaban J connectivity index is 2.08. The van der Waals surface area contributed by atoms with Crippen LogP contribution in [0.5, 0.6) is 11.5 Å². The smallest absolute Gasteiger partial charge is 0.237 e. The molecule has 1 aromatic carbocycles. The number of nitrogens with two attached hydrogens (primary N) is 1. The van der Waals surface area contributed by atoms with Crippen LogP contribution in [0.1, 0.15) is 19.3 Å². The first-order chi connectivity index (χ1) is 9.11. The van der Waals surface area contributed by atoms with Crippen molar-refractivity contribution in [2.24, 2.45) is 5.73 Å². The van der Waals surface area contributed by atoms with Gasteiger partial charge >= 0.3 is 0 Å². The molecule has 1 aliphatic carbocycles. The van der Waals surface area contributed by atoms with Crippen molar-refractivity contribution in [1.29, 1.82) is 0 Å². The molecular weight excluding hydrogens is 244 g/mol. The molecule has 104 valence electrons. The highest BCUT2D eigenvalue weighted by molar-refractivity contribution is 5.85. The van der Waals surface area contributed by atoms with E-state index in [0.717, 1.165) is 6.42 Å². The second-order valence-corrected chi connectivity index (χ2v) is 4.83. The number of carbonyl (C=O) groups is 1. The Morgan fingerprint density at radius 2 is 2.11 bits per heavy atom. The quantitative estimate of drug-likeness (QED) is 0.834. The zero-order valence-electron chi connectivity index (χ0n) is 11.3. The molecule has 1 amide bonds. The van der Waals surface area contributed by atoms with E-state index in [1.807, 2.05) is 24.3 Å². The van der Waals surface area contributed by atoms with Crippen molar-refractivity contribution in [3.8, 4) is 11.5 Å². The minimum Gasteiger partial charge on any atom is -0.493 e. The van der Waals surface area contributed by atoms with Gasteiger partial charge in [0.15, 0.2) is 11.5 Å². The zero-order chi connectivity index (χ0) is 13.9. The summed E-state index contributed by atoms with van der Waals surface area (Å²) in [6, 6.07) is 7.50. The van der Waals surface area contributed by atoms with Crippen LogP contribution in [0.25, 0.3) is 0 Å². The molecule has 0 spiro atoms. The third-order valence-electron chi connectivity index (χ3n) is 3.78. The summed E-state index contributed by atoms with van der Waals surface area (Å²) in [5.74, 6) is 1.08. The molecule has 1 saturated carbocycles.